The van der Waals surface area contributed by atoms with Crippen molar-refractivity contribution >= 4 is 28.9 Å². The number of fused-ring (bicyclic) bond motifs is 1. The number of carbonyl (C=O) groups is 2. The quantitative estimate of drug-likeness (QED) is 0.788. The van der Waals surface area contributed by atoms with Gasteiger partial charge in [0.05, 0.1) is 7.11 Å². The molecule has 23 heavy (non-hydrogen) atoms. The number of hydrazine groups is 1. The van der Waals surface area contributed by atoms with E-state index in [9.17, 15) is 9.59 Å². The lowest BCUT2D eigenvalue weighted by Gasteiger charge is -2.16. The van der Waals surface area contributed by atoms with Gasteiger partial charge in [-0.15, -0.1) is 0 Å². The second kappa shape index (κ2) is 6.15. The van der Waals surface area contributed by atoms with Gasteiger partial charge >= 0.3 is 12.1 Å². The van der Waals surface area contributed by atoms with Crippen molar-refractivity contribution in [1.29, 1.82) is 0 Å². The maximum Gasteiger partial charge on any atom is 0.428 e. The molecule has 0 bridgehead atoms. The topological polar surface area (TPSA) is 96.7 Å². The monoisotopic (exact) mass is 320 g/mol. The fourth-order valence-corrected chi connectivity index (χ4v) is 1.82. The molecule has 2 rings (SSSR count). The normalized spacial score (nSPS) is 11.2. The molecule has 2 aromatic rings. The number of methoxy groups -OCH3 is 1. The summed E-state index contributed by atoms with van der Waals surface area (Å²) in [5.41, 5.74) is 3.94. The number of benzene rings is 1. The minimum absolute atomic E-state index is 0.201. The van der Waals surface area contributed by atoms with E-state index in [2.05, 4.69) is 20.5 Å². The third-order valence-corrected chi connectivity index (χ3v) is 3.00. The van der Waals surface area contributed by atoms with Crippen molar-refractivity contribution in [3.05, 3.63) is 24.1 Å². The van der Waals surface area contributed by atoms with Gasteiger partial charge in [-0.1, -0.05) is 20.8 Å². The lowest BCUT2D eigenvalue weighted by molar-refractivity contribution is 0.119. The van der Waals surface area contributed by atoms with E-state index < -0.39 is 12.1 Å². The van der Waals surface area contributed by atoms with Crippen molar-refractivity contribution in [3.8, 4) is 0 Å². The molecule has 1 heterocycles. The summed E-state index contributed by atoms with van der Waals surface area (Å²) in [7, 11) is 2.60. The zero-order valence-electron chi connectivity index (χ0n) is 13.8. The van der Waals surface area contributed by atoms with Gasteiger partial charge in [0.15, 0.2) is 5.58 Å². The van der Waals surface area contributed by atoms with Crippen LogP contribution in [-0.2, 0) is 10.2 Å². The first-order chi connectivity index (χ1) is 10.7. The van der Waals surface area contributed by atoms with Crippen molar-refractivity contribution in [2.45, 2.75) is 26.2 Å². The molecule has 1 aromatic heterocycles. The summed E-state index contributed by atoms with van der Waals surface area (Å²) >= 11 is 0. The Balaban J connectivity index is 2.12. The molecule has 0 radical (unpaired) electrons. The zero-order chi connectivity index (χ0) is 17.2. The Hall–Kier alpha value is -2.77. The van der Waals surface area contributed by atoms with Gasteiger partial charge in [-0.2, -0.15) is 0 Å². The minimum Gasteiger partial charge on any atom is -0.452 e. The zero-order valence-corrected chi connectivity index (χ0v) is 13.8. The van der Waals surface area contributed by atoms with Crippen LogP contribution in [0.15, 0.2) is 22.6 Å². The average Bonchev–Trinajstić information content (AvgIpc) is 2.89. The molecule has 0 aliphatic heterocycles. The van der Waals surface area contributed by atoms with Crippen LogP contribution in [0.1, 0.15) is 26.7 Å². The Morgan fingerprint density at radius 1 is 1.30 bits per heavy atom. The maximum atomic E-state index is 11.8. The third-order valence-electron chi connectivity index (χ3n) is 3.00. The molecule has 2 N–H and O–H groups in total. The van der Waals surface area contributed by atoms with Crippen LogP contribution in [0.5, 0.6) is 0 Å². The molecule has 0 saturated carbocycles. The predicted octanol–water partition coefficient (Wildman–Crippen LogP) is 2.86. The fourth-order valence-electron chi connectivity index (χ4n) is 1.82. The number of urea groups is 1. The first kappa shape index (κ1) is 16.6. The fraction of sp³-hybridized carbons (Fsp3) is 0.400. The van der Waals surface area contributed by atoms with Crippen molar-refractivity contribution in [2.75, 3.05) is 19.5 Å². The summed E-state index contributed by atoms with van der Waals surface area (Å²) in [6.45, 7) is 6.02. The summed E-state index contributed by atoms with van der Waals surface area (Å²) in [4.78, 5) is 27.5. The van der Waals surface area contributed by atoms with Crippen LogP contribution in [0.25, 0.3) is 11.1 Å². The average molecular weight is 320 g/mol. The highest BCUT2D eigenvalue weighted by atomic mass is 16.5. The highest BCUT2D eigenvalue weighted by Crippen LogP contribution is 2.27. The number of anilines is 1. The van der Waals surface area contributed by atoms with Crippen LogP contribution >= 0.6 is 0 Å². The summed E-state index contributed by atoms with van der Waals surface area (Å²) in [6.07, 6.45) is -0.679. The van der Waals surface area contributed by atoms with E-state index in [4.69, 9.17) is 4.42 Å². The Kier molecular flexibility index (Phi) is 4.44. The molecular weight excluding hydrogens is 300 g/mol. The largest absolute Gasteiger partial charge is 0.452 e. The lowest BCUT2D eigenvalue weighted by atomic mass is 9.97. The number of aromatic nitrogens is 1. The molecule has 0 aliphatic rings. The van der Waals surface area contributed by atoms with E-state index in [-0.39, 0.29) is 5.41 Å². The molecule has 8 heteroatoms. The van der Waals surface area contributed by atoms with E-state index in [1.54, 1.807) is 18.2 Å². The number of nitrogens with one attached hydrogen (secondary N) is 2. The Bertz CT molecular complexity index is 733. The predicted molar refractivity (Wildman–Crippen MR) is 85.0 cm³/mol. The SMILES string of the molecule is COC(=O)N(C)NC(=O)Nc1ccc2oc(C(C)(C)C)nc2c1. The van der Waals surface area contributed by atoms with Gasteiger partial charge < -0.3 is 14.5 Å². The smallest absolute Gasteiger partial charge is 0.428 e. The molecule has 3 amide bonds. The molecular formula is C15H20N4O4. The highest BCUT2D eigenvalue weighted by molar-refractivity contribution is 5.92. The van der Waals surface area contributed by atoms with Crippen molar-refractivity contribution < 1.29 is 18.7 Å². The first-order valence-corrected chi connectivity index (χ1v) is 7.01. The first-order valence-electron chi connectivity index (χ1n) is 7.01. The van der Waals surface area contributed by atoms with Crippen molar-refractivity contribution in [3.63, 3.8) is 0 Å². The van der Waals surface area contributed by atoms with E-state index in [0.29, 0.717) is 22.7 Å². The molecule has 1 aromatic carbocycles. The van der Waals surface area contributed by atoms with Gasteiger partial charge in [-0.05, 0) is 18.2 Å². The van der Waals surface area contributed by atoms with Gasteiger partial charge in [-0.3, -0.25) is 0 Å². The Labute approximate surface area is 133 Å². The summed E-state index contributed by atoms with van der Waals surface area (Å²) in [5, 5.41) is 3.54. The Morgan fingerprint density at radius 2 is 2.00 bits per heavy atom. The van der Waals surface area contributed by atoms with E-state index in [1.807, 2.05) is 20.8 Å². The molecule has 0 fully saturated rings. The Morgan fingerprint density at radius 3 is 2.61 bits per heavy atom. The second-order valence-corrected chi connectivity index (χ2v) is 6.05. The van der Waals surface area contributed by atoms with Gasteiger partial charge in [0.1, 0.15) is 5.52 Å². The minimum atomic E-state index is -0.679. The summed E-state index contributed by atoms with van der Waals surface area (Å²) in [6, 6.07) is 4.55. The molecule has 8 nitrogen and oxygen atoms in total. The number of oxazole rings is 1. The summed E-state index contributed by atoms with van der Waals surface area (Å²) in [5.74, 6) is 0.625. The molecule has 0 spiro atoms. The van der Waals surface area contributed by atoms with E-state index in [1.165, 1.54) is 14.2 Å². The number of carbonyl (C=O) groups excluding carboxylic acids is 2. The third kappa shape index (κ3) is 3.91. The molecule has 0 unspecified atom stereocenters. The second-order valence-electron chi connectivity index (χ2n) is 6.05. The number of hydrogen-bond acceptors (Lipinski definition) is 5. The van der Waals surface area contributed by atoms with E-state index in [0.717, 1.165) is 5.01 Å². The number of rotatable bonds is 1. The van der Waals surface area contributed by atoms with Crippen LogP contribution in [0, 0.1) is 0 Å². The van der Waals surface area contributed by atoms with Crippen molar-refractivity contribution in [2.24, 2.45) is 0 Å². The van der Waals surface area contributed by atoms with Gasteiger partial charge in [-0.25, -0.2) is 25.0 Å². The molecule has 124 valence electrons. The number of amides is 3. The van der Waals surface area contributed by atoms with Crippen LogP contribution < -0.4 is 10.7 Å². The molecule has 0 aliphatic carbocycles. The standard InChI is InChI=1S/C15H20N4O4/c1-15(2,3)12-17-10-8-9(6-7-11(10)23-12)16-13(20)18-19(4)14(21)22-5/h6-8H,1-5H3,(H2,16,18,20). The van der Waals surface area contributed by atoms with Crippen LogP contribution in [-0.4, -0.2) is 36.3 Å². The van der Waals surface area contributed by atoms with Crippen LogP contribution in [0.3, 0.4) is 0 Å². The van der Waals surface area contributed by atoms with Crippen molar-refractivity contribution in [1.82, 2.24) is 15.4 Å². The number of hydrogen-bond donors (Lipinski definition) is 2. The van der Waals surface area contributed by atoms with E-state index >= 15 is 0 Å². The molecule has 0 saturated heterocycles. The van der Waals surface area contributed by atoms with Gasteiger partial charge in [0, 0.05) is 18.2 Å². The lowest BCUT2D eigenvalue weighted by Crippen LogP contribution is -2.45. The number of nitrogens with zero attached hydrogens (tertiary/aromatic N) is 2. The number of ether oxygens (including phenoxy) is 1. The van der Waals surface area contributed by atoms with Gasteiger partial charge in [0.2, 0.25) is 5.89 Å². The summed E-state index contributed by atoms with van der Waals surface area (Å²) < 4.78 is 10.2. The van der Waals surface area contributed by atoms with Crippen LogP contribution in [0.4, 0.5) is 15.3 Å². The van der Waals surface area contributed by atoms with Gasteiger partial charge in [0.25, 0.3) is 0 Å². The molecule has 0 atom stereocenters. The van der Waals surface area contributed by atoms with Crippen LogP contribution in [0.2, 0.25) is 0 Å². The maximum absolute atomic E-state index is 11.8. The highest BCUT2D eigenvalue weighted by Gasteiger charge is 2.21.